The van der Waals surface area contributed by atoms with Gasteiger partial charge >= 0.3 is 0 Å². The van der Waals surface area contributed by atoms with Gasteiger partial charge in [-0.2, -0.15) is 0 Å². The van der Waals surface area contributed by atoms with Crippen molar-refractivity contribution in [3.8, 4) is 0 Å². The third-order valence-corrected chi connectivity index (χ3v) is 5.21. The highest BCUT2D eigenvalue weighted by atomic mass is 32.2. The van der Waals surface area contributed by atoms with E-state index in [4.69, 9.17) is 0 Å². The van der Waals surface area contributed by atoms with Crippen LogP contribution in [-0.2, 0) is 9.59 Å². The Balaban J connectivity index is 1.62. The van der Waals surface area contributed by atoms with Crippen LogP contribution in [0.3, 0.4) is 0 Å². The van der Waals surface area contributed by atoms with E-state index in [1.165, 1.54) is 17.3 Å². The lowest BCUT2D eigenvalue weighted by Gasteiger charge is -2.23. The van der Waals surface area contributed by atoms with E-state index >= 15 is 0 Å². The number of thioether (sulfide) groups is 1. The van der Waals surface area contributed by atoms with E-state index in [9.17, 15) is 9.59 Å². The predicted molar refractivity (Wildman–Crippen MR) is 98.5 cm³/mol. The summed E-state index contributed by atoms with van der Waals surface area (Å²) in [6.07, 6.45) is 0.150. The second-order valence-corrected chi connectivity index (χ2v) is 7.37. The molecule has 0 saturated carbocycles. The molecule has 2 amide bonds. The first-order valence-electron chi connectivity index (χ1n) is 7.99. The molecule has 1 atom stereocenters. The topological polar surface area (TPSA) is 58.2 Å². The number of fused-ring (bicyclic) bond motifs is 1. The van der Waals surface area contributed by atoms with Crippen LogP contribution in [0.4, 0.5) is 11.4 Å². The number of rotatable bonds is 4. The molecule has 0 aromatic heterocycles. The number of carbonyl (C=O) groups is 2. The molecule has 2 N–H and O–H groups in total. The molecule has 4 nitrogen and oxygen atoms in total. The van der Waals surface area contributed by atoms with Crippen LogP contribution in [0.15, 0.2) is 53.4 Å². The normalized spacial score (nSPS) is 16.5. The van der Waals surface area contributed by atoms with Gasteiger partial charge in [-0.15, -0.1) is 11.8 Å². The van der Waals surface area contributed by atoms with Gasteiger partial charge in [0.05, 0.1) is 10.9 Å². The Hall–Kier alpha value is -2.27. The van der Waals surface area contributed by atoms with Crippen LogP contribution in [0.2, 0.25) is 0 Å². The molecule has 24 heavy (non-hydrogen) atoms. The minimum absolute atomic E-state index is 0.121. The van der Waals surface area contributed by atoms with Crippen LogP contribution in [0, 0.1) is 0 Å². The molecule has 1 unspecified atom stereocenters. The molecule has 3 rings (SSSR count). The van der Waals surface area contributed by atoms with Gasteiger partial charge in [0, 0.05) is 17.0 Å². The molecular weight excluding hydrogens is 320 g/mol. The molecule has 5 heteroatoms. The largest absolute Gasteiger partial charge is 0.326 e. The maximum atomic E-state index is 12.3. The molecule has 0 radical (unpaired) electrons. The summed E-state index contributed by atoms with van der Waals surface area (Å²) < 4.78 is 0. The Morgan fingerprint density at radius 3 is 2.58 bits per heavy atom. The molecule has 0 saturated heterocycles. The number of nitrogens with one attached hydrogen (secondary N) is 2. The first kappa shape index (κ1) is 16.6. The van der Waals surface area contributed by atoms with Gasteiger partial charge in [0.15, 0.2) is 0 Å². The Morgan fingerprint density at radius 1 is 1.17 bits per heavy atom. The molecule has 2 aromatic rings. The van der Waals surface area contributed by atoms with Crippen molar-refractivity contribution >= 4 is 35.0 Å². The molecule has 0 bridgehead atoms. The van der Waals surface area contributed by atoms with Crippen LogP contribution >= 0.6 is 11.8 Å². The van der Waals surface area contributed by atoms with Crippen LogP contribution < -0.4 is 10.6 Å². The number of amides is 2. The maximum absolute atomic E-state index is 12.3. The maximum Gasteiger partial charge on any atom is 0.238 e. The van der Waals surface area contributed by atoms with Crippen LogP contribution in [0.5, 0.6) is 0 Å². The van der Waals surface area contributed by atoms with E-state index in [2.05, 4.69) is 24.5 Å². The standard InChI is InChI=1S/C19H20N2O2S/c1-12(2)13-7-9-14(10-8-13)20-18(22)11-17-19(23)21-15-5-3-4-6-16(15)24-17/h3-10,12,17H,11H2,1-2H3,(H,20,22)(H,21,23). The van der Waals surface area contributed by atoms with Gasteiger partial charge in [-0.25, -0.2) is 0 Å². The Morgan fingerprint density at radius 2 is 1.88 bits per heavy atom. The summed E-state index contributed by atoms with van der Waals surface area (Å²) >= 11 is 1.44. The number of carbonyl (C=O) groups excluding carboxylic acids is 2. The third-order valence-electron chi connectivity index (χ3n) is 3.94. The first-order chi connectivity index (χ1) is 11.5. The molecular formula is C19H20N2O2S. The van der Waals surface area contributed by atoms with Crippen molar-refractivity contribution < 1.29 is 9.59 Å². The second kappa shape index (κ2) is 7.09. The summed E-state index contributed by atoms with van der Waals surface area (Å²) in [7, 11) is 0. The number of anilines is 2. The van der Waals surface area contributed by atoms with Crippen molar-refractivity contribution in [3.63, 3.8) is 0 Å². The first-order valence-corrected chi connectivity index (χ1v) is 8.87. The third kappa shape index (κ3) is 3.79. The van der Waals surface area contributed by atoms with Crippen LogP contribution in [-0.4, -0.2) is 17.1 Å². The van der Waals surface area contributed by atoms with Gasteiger partial charge in [-0.1, -0.05) is 38.1 Å². The van der Waals surface area contributed by atoms with Crippen molar-refractivity contribution in [3.05, 3.63) is 54.1 Å². The van der Waals surface area contributed by atoms with Crippen LogP contribution in [0.25, 0.3) is 0 Å². The van der Waals surface area contributed by atoms with Gasteiger partial charge in [-0.3, -0.25) is 9.59 Å². The number of benzene rings is 2. The highest BCUT2D eigenvalue weighted by Crippen LogP contribution is 2.36. The van der Waals surface area contributed by atoms with Gasteiger partial charge in [0.2, 0.25) is 11.8 Å². The van der Waals surface area contributed by atoms with E-state index in [0.29, 0.717) is 5.92 Å². The zero-order valence-electron chi connectivity index (χ0n) is 13.7. The fraction of sp³-hybridized carbons (Fsp3) is 0.263. The van der Waals surface area contributed by atoms with E-state index in [1.54, 1.807) is 0 Å². The smallest absolute Gasteiger partial charge is 0.238 e. The van der Waals surface area contributed by atoms with E-state index in [-0.39, 0.29) is 18.2 Å². The summed E-state index contributed by atoms with van der Waals surface area (Å²) in [6.45, 7) is 4.26. The SMILES string of the molecule is CC(C)c1ccc(NC(=O)CC2Sc3ccccc3NC2=O)cc1. The quantitative estimate of drug-likeness (QED) is 0.875. The van der Waals surface area contributed by atoms with Crippen molar-refractivity contribution in [2.75, 3.05) is 10.6 Å². The monoisotopic (exact) mass is 340 g/mol. The molecule has 0 spiro atoms. The lowest BCUT2D eigenvalue weighted by molar-refractivity contribution is -0.120. The zero-order chi connectivity index (χ0) is 17.1. The van der Waals surface area contributed by atoms with Crippen molar-refractivity contribution in [1.82, 2.24) is 0 Å². The summed E-state index contributed by atoms with van der Waals surface area (Å²) in [4.78, 5) is 25.4. The van der Waals surface area contributed by atoms with Gasteiger partial charge < -0.3 is 10.6 Å². The fourth-order valence-corrected chi connectivity index (χ4v) is 3.67. The van der Waals surface area contributed by atoms with Crippen molar-refractivity contribution in [2.45, 2.75) is 36.3 Å². The minimum Gasteiger partial charge on any atom is -0.326 e. The van der Waals surface area contributed by atoms with Gasteiger partial charge in [0.1, 0.15) is 0 Å². The van der Waals surface area contributed by atoms with Crippen molar-refractivity contribution in [1.29, 1.82) is 0 Å². The molecule has 0 fully saturated rings. The van der Waals surface area contributed by atoms with Gasteiger partial charge in [0.25, 0.3) is 0 Å². The highest BCUT2D eigenvalue weighted by Gasteiger charge is 2.28. The number of hydrogen-bond donors (Lipinski definition) is 2. The summed E-state index contributed by atoms with van der Waals surface area (Å²) in [5.41, 5.74) is 2.80. The molecule has 2 aromatic carbocycles. The predicted octanol–water partition coefficient (Wildman–Crippen LogP) is 4.25. The molecule has 124 valence electrons. The zero-order valence-corrected chi connectivity index (χ0v) is 14.5. The minimum atomic E-state index is -0.408. The molecule has 1 heterocycles. The highest BCUT2D eigenvalue weighted by molar-refractivity contribution is 8.01. The van der Waals surface area contributed by atoms with Crippen LogP contribution in [0.1, 0.15) is 31.7 Å². The molecule has 0 aliphatic carbocycles. The Bertz CT molecular complexity index is 756. The lowest BCUT2D eigenvalue weighted by atomic mass is 10.0. The second-order valence-electron chi connectivity index (χ2n) is 6.12. The summed E-state index contributed by atoms with van der Waals surface area (Å²) in [5, 5.41) is 5.32. The van der Waals surface area contributed by atoms with E-state index in [0.717, 1.165) is 16.3 Å². The summed E-state index contributed by atoms with van der Waals surface area (Å²) in [6, 6.07) is 15.5. The fourth-order valence-electron chi connectivity index (χ4n) is 2.56. The number of hydrogen-bond acceptors (Lipinski definition) is 3. The van der Waals surface area contributed by atoms with E-state index in [1.807, 2.05) is 48.5 Å². The number of para-hydroxylation sites is 1. The molecule has 1 aliphatic heterocycles. The lowest BCUT2D eigenvalue weighted by Crippen LogP contribution is -2.32. The Labute approximate surface area is 146 Å². The van der Waals surface area contributed by atoms with Crippen molar-refractivity contribution in [2.24, 2.45) is 0 Å². The summed E-state index contributed by atoms with van der Waals surface area (Å²) in [5.74, 6) is 0.181. The average Bonchev–Trinajstić information content (AvgIpc) is 2.56. The molecule has 1 aliphatic rings. The van der Waals surface area contributed by atoms with E-state index < -0.39 is 5.25 Å². The average molecular weight is 340 g/mol. The van der Waals surface area contributed by atoms with Gasteiger partial charge in [-0.05, 0) is 35.7 Å². The Kier molecular flexibility index (Phi) is 4.90.